The molecule has 0 unspecified atom stereocenters. The van der Waals surface area contributed by atoms with Gasteiger partial charge in [-0.25, -0.2) is 14.8 Å². The van der Waals surface area contributed by atoms with Gasteiger partial charge in [-0.1, -0.05) is 0 Å². The van der Waals surface area contributed by atoms with E-state index in [0.717, 1.165) is 61.1 Å². The van der Waals surface area contributed by atoms with Crippen LogP contribution in [0.4, 0.5) is 10.6 Å². The normalized spacial score (nSPS) is 34.8. The number of urea groups is 1. The molecule has 0 aromatic carbocycles. The topological polar surface area (TPSA) is 61.4 Å². The molecule has 5 fully saturated rings. The second kappa shape index (κ2) is 7.10. The van der Waals surface area contributed by atoms with Gasteiger partial charge in [0.2, 0.25) is 0 Å². The fourth-order valence-electron chi connectivity index (χ4n) is 7.63. The fourth-order valence-corrected chi connectivity index (χ4v) is 7.63. The molecule has 1 saturated heterocycles. The number of carbonyl (C=O) groups is 1. The molecule has 0 atom stereocenters. The van der Waals surface area contributed by atoms with Gasteiger partial charge in [0.1, 0.15) is 11.6 Å². The maximum atomic E-state index is 13.4. The van der Waals surface area contributed by atoms with Crippen molar-refractivity contribution < 1.29 is 4.79 Å². The monoisotopic (exact) mass is 409 g/mol. The van der Waals surface area contributed by atoms with Gasteiger partial charge in [0.05, 0.1) is 12.2 Å². The van der Waals surface area contributed by atoms with Crippen LogP contribution in [-0.4, -0.2) is 46.1 Å². The number of nitrogens with one attached hydrogen (secondary N) is 1. The van der Waals surface area contributed by atoms with Crippen molar-refractivity contribution in [1.29, 1.82) is 0 Å². The molecule has 6 aliphatic rings. The average Bonchev–Trinajstić information content (AvgIpc) is 2.72. The third kappa shape index (κ3) is 3.27. The highest BCUT2D eigenvalue weighted by atomic mass is 16.2. The number of anilines is 1. The lowest BCUT2D eigenvalue weighted by atomic mass is 9.53. The minimum Gasteiger partial charge on any atom is -0.356 e. The van der Waals surface area contributed by atoms with E-state index in [2.05, 4.69) is 10.2 Å². The van der Waals surface area contributed by atoms with Crippen LogP contribution in [0.5, 0.6) is 0 Å². The number of hydrogen-bond acceptors (Lipinski definition) is 4. The van der Waals surface area contributed by atoms with Gasteiger partial charge in [-0.05, 0) is 82.5 Å². The summed E-state index contributed by atoms with van der Waals surface area (Å²) >= 11 is 0. The first-order chi connectivity index (χ1) is 14.6. The third-order valence-corrected chi connectivity index (χ3v) is 8.50. The summed E-state index contributed by atoms with van der Waals surface area (Å²) in [6.07, 6.45) is 12.4. The van der Waals surface area contributed by atoms with Crippen molar-refractivity contribution in [3.8, 4) is 0 Å². The summed E-state index contributed by atoms with van der Waals surface area (Å²) in [5.41, 5.74) is 2.42. The van der Waals surface area contributed by atoms with Gasteiger partial charge in [0, 0.05) is 37.2 Å². The Labute approximate surface area is 179 Å². The Hall–Kier alpha value is -1.85. The molecule has 3 heterocycles. The summed E-state index contributed by atoms with van der Waals surface area (Å²) in [6, 6.07) is 0.146. The number of aromatic nitrogens is 2. The number of rotatable bonds is 2. The van der Waals surface area contributed by atoms with Gasteiger partial charge < -0.3 is 15.1 Å². The van der Waals surface area contributed by atoms with Gasteiger partial charge in [0.25, 0.3) is 0 Å². The minimum atomic E-state index is 0.0750. The number of piperidine rings is 1. The number of amides is 2. The molecule has 162 valence electrons. The Morgan fingerprint density at radius 1 is 0.967 bits per heavy atom. The highest BCUT2D eigenvalue weighted by molar-refractivity contribution is 5.76. The molecule has 7 rings (SSSR count). The maximum Gasteiger partial charge on any atom is 0.318 e. The largest absolute Gasteiger partial charge is 0.356 e. The van der Waals surface area contributed by atoms with Crippen LogP contribution >= 0.6 is 0 Å². The molecule has 2 aliphatic heterocycles. The Balaban J connectivity index is 1.21. The molecular weight excluding hydrogens is 374 g/mol. The van der Waals surface area contributed by atoms with Gasteiger partial charge >= 0.3 is 6.03 Å². The number of aryl methyl sites for hydroxylation is 1. The molecule has 30 heavy (non-hydrogen) atoms. The van der Waals surface area contributed by atoms with Gasteiger partial charge in [0.15, 0.2) is 0 Å². The predicted molar refractivity (Wildman–Crippen MR) is 116 cm³/mol. The van der Waals surface area contributed by atoms with Crippen molar-refractivity contribution in [3.05, 3.63) is 17.1 Å². The van der Waals surface area contributed by atoms with E-state index in [4.69, 9.17) is 9.97 Å². The molecule has 6 heteroatoms. The van der Waals surface area contributed by atoms with Crippen LogP contribution < -0.4 is 10.2 Å². The predicted octanol–water partition coefficient (Wildman–Crippen LogP) is 3.81. The Morgan fingerprint density at radius 3 is 2.30 bits per heavy atom. The number of fused-ring (bicyclic) bond motifs is 1. The summed E-state index contributed by atoms with van der Waals surface area (Å²) in [5.74, 6) is 4.49. The SMILES string of the molecule is Cc1nc2c(c(N3CCCCC3)n1)CN(C(=O)NC13CC4CC(CC(C4)C1)C3)CC2. The van der Waals surface area contributed by atoms with Crippen molar-refractivity contribution in [2.75, 3.05) is 24.5 Å². The lowest BCUT2D eigenvalue weighted by molar-refractivity contribution is -0.0159. The second-order valence-corrected chi connectivity index (χ2v) is 10.9. The summed E-state index contributed by atoms with van der Waals surface area (Å²) in [6.45, 7) is 5.56. The van der Waals surface area contributed by atoms with E-state index in [1.807, 2.05) is 11.8 Å². The summed E-state index contributed by atoms with van der Waals surface area (Å²) in [7, 11) is 0. The van der Waals surface area contributed by atoms with Crippen molar-refractivity contribution >= 4 is 11.8 Å². The van der Waals surface area contributed by atoms with E-state index in [9.17, 15) is 4.79 Å². The van der Waals surface area contributed by atoms with Crippen molar-refractivity contribution in [3.63, 3.8) is 0 Å². The van der Waals surface area contributed by atoms with Crippen molar-refractivity contribution in [1.82, 2.24) is 20.2 Å². The smallest absolute Gasteiger partial charge is 0.318 e. The van der Waals surface area contributed by atoms with Crippen LogP contribution in [0.3, 0.4) is 0 Å². The van der Waals surface area contributed by atoms with E-state index >= 15 is 0 Å². The molecule has 4 aliphatic carbocycles. The quantitative estimate of drug-likeness (QED) is 0.807. The summed E-state index contributed by atoms with van der Waals surface area (Å²) in [5, 5.41) is 3.57. The average molecular weight is 410 g/mol. The standard InChI is InChI=1S/C24H35N5O/c1-16-25-21-5-8-29(15-20(21)22(26-16)28-6-3-2-4-7-28)23(30)27-24-12-17-9-18(13-24)11-19(10-17)14-24/h17-19H,2-15H2,1H3,(H,27,30). The molecule has 1 aromatic rings. The maximum absolute atomic E-state index is 13.4. The van der Waals surface area contributed by atoms with Crippen LogP contribution in [0.2, 0.25) is 0 Å². The fraction of sp³-hybridized carbons (Fsp3) is 0.792. The molecule has 4 bridgehead atoms. The number of hydrogen-bond donors (Lipinski definition) is 1. The Kier molecular flexibility index (Phi) is 4.47. The highest BCUT2D eigenvalue weighted by Gasteiger charge is 2.52. The first-order valence-corrected chi connectivity index (χ1v) is 12.3. The second-order valence-electron chi connectivity index (χ2n) is 10.9. The number of nitrogens with zero attached hydrogens (tertiary/aromatic N) is 4. The highest BCUT2D eigenvalue weighted by Crippen LogP contribution is 2.55. The van der Waals surface area contributed by atoms with E-state index in [1.54, 1.807) is 0 Å². The molecule has 0 radical (unpaired) electrons. The van der Waals surface area contributed by atoms with Crippen LogP contribution in [0, 0.1) is 24.7 Å². The third-order valence-electron chi connectivity index (χ3n) is 8.50. The van der Waals surface area contributed by atoms with Crippen LogP contribution in [-0.2, 0) is 13.0 Å². The first-order valence-electron chi connectivity index (χ1n) is 12.3. The molecule has 1 aromatic heterocycles. The molecular formula is C24H35N5O. The molecule has 2 amide bonds. The first kappa shape index (κ1) is 18.9. The summed E-state index contributed by atoms with van der Waals surface area (Å²) < 4.78 is 0. The number of carbonyl (C=O) groups excluding carboxylic acids is 1. The molecule has 6 nitrogen and oxygen atoms in total. The lowest BCUT2D eigenvalue weighted by Crippen LogP contribution is -2.62. The lowest BCUT2D eigenvalue weighted by Gasteiger charge is -2.57. The minimum absolute atomic E-state index is 0.0750. The van der Waals surface area contributed by atoms with Crippen LogP contribution in [0.15, 0.2) is 0 Å². The van der Waals surface area contributed by atoms with Crippen molar-refractivity contribution in [2.45, 2.75) is 83.2 Å². The van der Waals surface area contributed by atoms with Crippen LogP contribution in [0.1, 0.15) is 74.9 Å². The zero-order valence-electron chi connectivity index (χ0n) is 18.3. The van der Waals surface area contributed by atoms with Gasteiger partial charge in [-0.15, -0.1) is 0 Å². The molecule has 0 spiro atoms. The van der Waals surface area contributed by atoms with Crippen LogP contribution in [0.25, 0.3) is 0 Å². The van der Waals surface area contributed by atoms with E-state index in [-0.39, 0.29) is 11.6 Å². The van der Waals surface area contributed by atoms with E-state index in [1.165, 1.54) is 63.4 Å². The zero-order chi connectivity index (χ0) is 20.3. The van der Waals surface area contributed by atoms with Crippen molar-refractivity contribution in [2.24, 2.45) is 17.8 Å². The zero-order valence-corrected chi connectivity index (χ0v) is 18.3. The molecule has 4 saturated carbocycles. The molecule has 1 N–H and O–H groups in total. The Bertz CT molecular complexity index is 811. The Morgan fingerprint density at radius 2 is 1.63 bits per heavy atom. The van der Waals surface area contributed by atoms with E-state index in [0.29, 0.717) is 6.54 Å². The van der Waals surface area contributed by atoms with Gasteiger partial charge in [-0.2, -0.15) is 0 Å². The summed E-state index contributed by atoms with van der Waals surface area (Å²) in [4.78, 5) is 27.5. The van der Waals surface area contributed by atoms with E-state index < -0.39 is 0 Å². The van der Waals surface area contributed by atoms with Gasteiger partial charge in [-0.3, -0.25) is 0 Å².